The molecule has 1 atom stereocenters. The molecule has 6 heteroatoms. The SMILES string of the molecule is CCNC(=NCc1cc(OC)c(O)c(OC)c1)NC(C)C(C)C. The molecule has 0 spiro atoms. The summed E-state index contributed by atoms with van der Waals surface area (Å²) in [5.41, 5.74) is 0.894. The van der Waals surface area contributed by atoms with Crippen LogP contribution < -0.4 is 20.1 Å². The number of ether oxygens (including phenoxy) is 2. The number of nitrogens with zero attached hydrogens (tertiary/aromatic N) is 1. The molecule has 0 saturated heterocycles. The van der Waals surface area contributed by atoms with E-state index in [1.54, 1.807) is 12.1 Å². The highest BCUT2D eigenvalue weighted by Gasteiger charge is 2.12. The third kappa shape index (κ3) is 5.54. The summed E-state index contributed by atoms with van der Waals surface area (Å²) in [6.07, 6.45) is 0. The lowest BCUT2D eigenvalue weighted by molar-refractivity contribution is 0.339. The maximum Gasteiger partial charge on any atom is 0.200 e. The van der Waals surface area contributed by atoms with E-state index in [-0.39, 0.29) is 5.75 Å². The molecule has 1 rings (SSSR count). The van der Waals surface area contributed by atoms with Gasteiger partial charge in [0.25, 0.3) is 0 Å². The topological polar surface area (TPSA) is 75.1 Å². The average molecular weight is 323 g/mol. The molecular formula is C17H29N3O3. The summed E-state index contributed by atoms with van der Waals surface area (Å²) in [5, 5.41) is 16.6. The van der Waals surface area contributed by atoms with Gasteiger partial charge in [0.1, 0.15) is 0 Å². The quantitative estimate of drug-likeness (QED) is 0.531. The van der Waals surface area contributed by atoms with Gasteiger partial charge < -0.3 is 25.2 Å². The summed E-state index contributed by atoms with van der Waals surface area (Å²) in [6.45, 7) is 9.73. The largest absolute Gasteiger partial charge is 0.502 e. The molecule has 0 aromatic heterocycles. The minimum Gasteiger partial charge on any atom is -0.502 e. The average Bonchev–Trinajstić information content (AvgIpc) is 2.53. The van der Waals surface area contributed by atoms with E-state index in [0.717, 1.165) is 18.1 Å². The number of rotatable bonds is 7. The Bertz CT molecular complexity index is 505. The molecule has 3 N–H and O–H groups in total. The second-order valence-electron chi connectivity index (χ2n) is 5.72. The molecule has 0 aliphatic carbocycles. The molecule has 1 unspecified atom stereocenters. The monoisotopic (exact) mass is 323 g/mol. The third-order valence-electron chi connectivity index (χ3n) is 3.67. The number of benzene rings is 1. The Balaban J connectivity index is 2.94. The molecule has 0 fully saturated rings. The number of phenols is 1. The van der Waals surface area contributed by atoms with E-state index in [0.29, 0.717) is 30.0 Å². The van der Waals surface area contributed by atoms with Crippen molar-refractivity contribution in [2.45, 2.75) is 40.3 Å². The third-order valence-corrected chi connectivity index (χ3v) is 3.67. The fraction of sp³-hybridized carbons (Fsp3) is 0.588. The first-order valence-electron chi connectivity index (χ1n) is 7.91. The number of methoxy groups -OCH3 is 2. The van der Waals surface area contributed by atoms with Gasteiger partial charge in [-0.05, 0) is 37.5 Å². The fourth-order valence-electron chi connectivity index (χ4n) is 1.91. The minimum atomic E-state index is 0.00110. The van der Waals surface area contributed by atoms with Crippen LogP contribution in [0.1, 0.15) is 33.3 Å². The van der Waals surface area contributed by atoms with E-state index in [1.807, 2.05) is 6.92 Å². The van der Waals surface area contributed by atoms with Crippen LogP contribution >= 0.6 is 0 Å². The Morgan fingerprint density at radius 2 is 1.74 bits per heavy atom. The van der Waals surface area contributed by atoms with Crippen molar-refractivity contribution >= 4 is 5.96 Å². The fourth-order valence-corrected chi connectivity index (χ4v) is 1.91. The maximum absolute atomic E-state index is 9.94. The Labute approximate surface area is 138 Å². The number of guanidine groups is 1. The maximum atomic E-state index is 9.94. The normalized spacial score (nSPS) is 12.9. The van der Waals surface area contributed by atoms with Crippen LogP contribution in [-0.2, 0) is 6.54 Å². The van der Waals surface area contributed by atoms with Crippen molar-refractivity contribution in [3.8, 4) is 17.2 Å². The summed E-state index contributed by atoms with van der Waals surface area (Å²) in [4.78, 5) is 4.59. The van der Waals surface area contributed by atoms with Crippen molar-refractivity contribution in [2.24, 2.45) is 10.9 Å². The van der Waals surface area contributed by atoms with Crippen molar-refractivity contribution in [1.29, 1.82) is 0 Å². The highest BCUT2D eigenvalue weighted by Crippen LogP contribution is 2.37. The minimum absolute atomic E-state index is 0.00110. The molecule has 0 amide bonds. The molecular weight excluding hydrogens is 294 g/mol. The van der Waals surface area contributed by atoms with Crippen molar-refractivity contribution in [2.75, 3.05) is 20.8 Å². The highest BCUT2D eigenvalue weighted by atomic mass is 16.5. The van der Waals surface area contributed by atoms with Gasteiger partial charge in [-0.15, -0.1) is 0 Å². The molecule has 0 aliphatic heterocycles. The van der Waals surface area contributed by atoms with E-state index in [2.05, 4.69) is 36.4 Å². The zero-order valence-corrected chi connectivity index (χ0v) is 14.9. The van der Waals surface area contributed by atoms with E-state index in [4.69, 9.17) is 9.47 Å². The van der Waals surface area contributed by atoms with E-state index < -0.39 is 0 Å². The van der Waals surface area contributed by atoms with Gasteiger partial charge in [0, 0.05) is 12.6 Å². The Morgan fingerprint density at radius 3 is 2.17 bits per heavy atom. The standard InChI is InChI=1S/C17H29N3O3/c1-7-18-17(20-12(4)11(2)3)19-10-13-8-14(22-5)16(21)15(9-13)23-6/h8-9,11-12,21H,7,10H2,1-6H3,(H2,18,19,20). The Hall–Kier alpha value is -2.11. The Morgan fingerprint density at radius 1 is 1.17 bits per heavy atom. The zero-order chi connectivity index (χ0) is 17.4. The first-order chi connectivity index (χ1) is 10.9. The number of hydrogen-bond acceptors (Lipinski definition) is 4. The molecule has 1 aromatic rings. The van der Waals surface area contributed by atoms with Crippen LogP contribution in [0.4, 0.5) is 0 Å². The Kier molecular flexibility index (Phi) is 7.51. The molecule has 130 valence electrons. The summed E-state index contributed by atoms with van der Waals surface area (Å²) < 4.78 is 10.3. The lowest BCUT2D eigenvalue weighted by Gasteiger charge is -2.20. The van der Waals surface area contributed by atoms with Crippen molar-refractivity contribution in [3.63, 3.8) is 0 Å². The summed E-state index contributed by atoms with van der Waals surface area (Å²) in [6, 6.07) is 3.84. The number of aromatic hydroxyl groups is 1. The van der Waals surface area contributed by atoms with E-state index in [1.165, 1.54) is 14.2 Å². The smallest absolute Gasteiger partial charge is 0.200 e. The van der Waals surface area contributed by atoms with E-state index in [9.17, 15) is 5.11 Å². The lowest BCUT2D eigenvalue weighted by Crippen LogP contribution is -2.44. The van der Waals surface area contributed by atoms with Gasteiger partial charge in [-0.3, -0.25) is 0 Å². The first kappa shape index (κ1) is 18.9. The van der Waals surface area contributed by atoms with Gasteiger partial charge >= 0.3 is 0 Å². The summed E-state index contributed by atoms with van der Waals surface area (Å²) in [5.74, 6) is 2.03. The van der Waals surface area contributed by atoms with Crippen LogP contribution in [0.2, 0.25) is 0 Å². The van der Waals surface area contributed by atoms with Crippen LogP contribution in [0, 0.1) is 5.92 Å². The van der Waals surface area contributed by atoms with Crippen LogP contribution in [0.5, 0.6) is 17.2 Å². The zero-order valence-electron chi connectivity index (χ0n) is 14.9. The molecule has 23 heavy (non-hydrogen) atoms. The second kappa shape index (κ2) is 9.12. The summed E-state index contributed by atoms with van der Waals surface area (Å²) >= 11 is 0. The van der Waals surface area contributed by atoms with Gasteiger partial charge in [-0.25, -0.2) is 4.99 Å². The lowest BCUT2D eigenvalue weighted by atomic mass is 10.1. The van der Waals surface area contributed by atoms with Crippen LogP contribution in [0.15, 0.2) is 17.1 Å². The second-order valence-corrected chi connectivity index (χ2v) is 5.72. The molecule has 0 radical (unpaired) electrons. The molecule has 1 aromatic carbocycles. The number of hydrogen-bond donors (Lipinski definition) is 3. The van der Waals surface area contributed by atoms with Gasteiger partial charge in [0.15, 0.2) is 17.5 Å². The van der Waals surface area contributed by atoms with Gasteiger partial charge in [0.05, 0.1) is 20.8 Å². The molecule has 0 heterocycles. The predicted molar refractivity (Wildman–Crippen MR) is 93.5 cm³/mol. The van der Waals surface area contributed by atoms with Crippen molar-refractivity contribution in [3.05, 3.63) is 17.7 Å². The molecule has 0 saturated carbocycles. The van der Waals surface area contributed by atoms with Crippen LogP contribution in [0.3, 0.4) is 0 Å². The van der Waals surface area contributed by atoms with Crippen LogP contribution in [0.25, 0.3) is 0 Å². The highest BCUT2D eigenvalue weighted by molar-refractivity contribution is 5.80. The molecule has 0 bridgehead atoms. The molecule has 6 nitrogen and oxygen atoms in total. The van der Waals surface area contributed by atoms with Crippen molar-refractivity contribution < 1.29 is 14.6 Å². The number of nitrogens with one attached hydrogen (secondary N) is 2. The number of phenolic OH excluding ortho intramolecular Hbond substituents is 1. The van der Waals surface area contributed by atoms with E-state index >= 15 is 0 Å². The van der Waals surface area contributed by atoms with Gasteiger partial charge in [-0.1, -0.05) is 13.8 Å². The first-order valence-corrected chi connectivity index (χ1v) is 7.91. The van der Waals surface area contributed by atoms with Crippen molar-refractivity contribution in [1.82, 2.24) is 10.6 Å². The van der Waals surface area contributed by atoms with Gasteiger partial charge in [-0.2, -0.15) is 0 Å². The van der Waals surface area contributed by atoms with Crippen LogP contribution in [-0.4, -0.2) is 37.9 Å². The summed E-state index contributed by atoms with van der Waals surface area (Å²) in [7, 11) is 3.02. The van der Waals surface area contributed by atoms with Gasteiger partial charge in [0.2, 0.25) is 5.75 Å². The molecule has 0 aliphatic rings. The number of aliphatic imine (C=N–C) groups is 1. The predicted octanol–water partition coefficient (Wildman–Crippen LogP) is 2.51.